The van der Waals surface area contributed by atoms with Crippen LogP contribution in [0, 0.1) is 0 Å². The largest absolute Gasteiger partial charge is 0.358 e. The van der Waals surface area contributed by atoms with E-state index in [4.69, 9.17) is 11.6 Å². The van der Waals surface area contributed by atoms with E-state index < -0.39 is 17.4 Å². The highest BCUT2D eigenvalue weighted by Gasteiger charge is 2.16. The maximum atomic E-state index is 12.5. The smallest absolute Gasteiger partial charge is 0.289 e. The second-order valence-electron chi connectivity index (χ2n) is 4.05. The molecular weight excluding hydrogens is 364 g/mol. The molecule has 3 rings (SSSR count). The highest BCUT2D eigenvalue weighted by atomic mass is 35.5. The highest BCUT2D eigenvalue weighted by Crippen LogP contribution is 2.30. The van der Waals surface area contributed by atoms with Crippen molar-refractivity contribution >= 4 is 50.5 Å². The van der Waals surface area contributed by atoms with Gasteiger partial charge in [0.15, 0.2) is 16.0 Å². The average molecular weight is 378 g/mol. The summed E-state index contributed by atoms with van der Waals surface area (Å²) in [5.41, 5.74) is 1.28. The predicted octanol–water partition coefficient (Wildman–Crippen LogP) is 5.38. The van der Waals surface area contributed by atoms with Gasteiger partial charge in [0.2, 0.25) is 0 Å². The van der Waals surface area contributed by atoms with Crippen molar-refractivity contribution in [2.24, 2.45) is 0 Å². The molecule has 0 radical (unpaired) electrons. The molecule has 0 spiro atoms. The molecule has 2 N–H and O–H groups in total. The summed E-state index contributed by atoms with van der Waals surface area (Å²) in [4.78, 5) is 6.53. The molecule has 0 saturated carbocycles. The average Bonchev–Trinajstić information content (AvgIpc) is 3.18. The molecule has 4 nitrogen and oxygen atoms in total. The molecule has 0 amide bonds. The number of aromatic amines is 1. The van der Waals surface area contributed by atoms with Gasteiger partial charge in [-0.2, -0.15) is 0 Å². The summed E-state index contributed by atoms with van der Waals surface area (Å²) in [5, 5.41) is 0.995. The van der Waals surface area contributed by atoms with Gasteiger partial charge in [-0.1, -0.05) is 37.6 Å². The predicted molar refractivity (Wildman–Crippen MR) is 91.8 cm³/mol. The standard InChI is InChI=1S/C12H8ClF2N3OS2.C2H6/c13-7-4-16-10-6(7)2-1-3-8(10)18-21(19)9-5-17-12(20-9)11(14)15;1-2/h1-5,11,16,18H;1-2H3. The van der Waals surface area contributed by atoms with E-state index in [1.54, 1.807) is 18.3 Å². The lowest BCUT2D eigenvalue weighted by atomic mass is 10.2. The van der Waals surface area contributed by atoms with Gasteiger partial charge >= 0.3 is 0 Å². The quantitative estimate of drug-likeness (QED) is 0.641. The van der Waals surface area contributed by atoms with Gasteiger partial charge in [0.1, 0.15) is 4.21 Å². The molecule has 0 saturated heterocycles. The highest BCUT2D eigenvalue weighted by molar-refractivity contribution is 7.88. The van der Waals surface area contributed by atoms with Crippen LogP contribution in [0.15, 0.2) is 34.8 Å². The van der Waals surface area contributed by atoms with Crippen molar-refractivity contribution in [2.45, 2.75) is 24.5 Å². The van der Waals surface area contributed by atoms with Crippen LogP contribution in [0.1, 0.15) is 25.3 Å². The van der Waals surface area contributed by atoms with Crippen molar-refractivity contribution in [3.05, 3.63) is 40.6 Å². The van der Waals surface area contributed by atoms with Crippen molar-refractivity contribution in [3.8, 4) is 0 Å². The number of rotatable bonds is 4. The van der Waals surface area contributed by atoms with Gasteiger partial charge in [-0.25, -0.2) is 18.0 Å². The van der Waals surface area contributed by atoms with Gasteiger partial charge in [-0.3, -0.25) is 4.72 Å². The third-order valence-corrected chi connectivity index (χ3v) is 5.43. The van der Waals surface area contributed by atoms with Crippen LogP contribution >= 0.6 is 22.9 Å². The Morgan fingerprint density at radius 3 is 2.78 bits per heavy atom. The Morgan fingerprint density at radius 2 is 2.13 bits per heavy atom. The number of hydrogen-bond acceptors (Lipinski definition) is 3. The van der Waals surface area contributed by atoms with Gasteiger partial charge in [0, 0.05) is 11.6 Å². The number of nitrogens with one attached hydrogen (secondary N) is 2. The molecule has 9 heteroatoms. The first kappa shape index (κ1) is 17.8. The van der Waals surface area contributed by atoms with Crippen LogP contribution in [-0.2, 0) is 11.0 Å². The Bertz CT molecular complexity index is 819. The van der Waals surface area contributed by atoms with E-state index >= 15 is 0 Å². The van der Waals surface area contributed by atoms with E-state index in [1.807, 2.05) is 19.9 Å². The maximum absolute atomic E-state index is 12.5. The number of alkyl halides is 2. The summed E-state index contributed by atoms with van der Waals surface area (Å²) in [6.07, 6.45) is 0.158. The van der Waals surface area contributed by atoms with Crippen LogP contribution < -0.4 is 4.72 Å². The normalized spacial score (nSPS) is 12.1. The number of anilines is 1. The molecule has 1 unspecified atom stereocenters. The van der Waals surface area contributed by atoms with E-state index in [9.17, 15) is 13.0 Å². The van der Waals surface area contributed by atoms with Crippen LogP contribution in [-0.4, -0.2) is 14.2 Å². The summed E-state index contributed by atoms with van der Waals surface area (Å²) in [7, 11) is -1.67. The minimum absolute atomic E-state index is 0.236. The first-order valence-electron chi connectivity index (χ1n) is 6.74. The van der Waals surface area contributed by atoms with Gasteiger partial charge < -0.3 is 4.98 Å². The van der Waals surface area contributed by atoms with E-state index in [-0.39, 0.29) is 9.22 Å². The monoisotopic (exact) mass is 377 g/mol. The lowest BCUT2D eigenvalue weighted by Gasteiger charge is -2.05. The van der Waals surface area contributed by atoms with Gasteiger partial charge in [-0.15, -0.1) is 11.3 Å². The van der Waals surface area contributed by atoms with Crippen LogP contribution in [0.25, 0.3) is 10.9 Å². The number of fused-ring (bicyclic) bond motifs is 1. The van der Waals surface area contributed by atoms with E-state index in [1.165, 1.54) is 6.20 Å². The Hall–Kier alpha value is -1.51. The minimum atomic E-state index is -2.66. The zero-order valence-electron chi connectivity index (χ0n) is 12.3. The lowest BCUT2D eigenvalue weighted by molar-refractivity contribution is 0.151. The van der Waals surface area contributed by atoms with E-state index in [0.29, 0.717) is 16.2 Å². The molecule has 1 atom stereocenters. The number of aromatic nitrogens is 2. The fourth-order valence-electron chi connectivity index (χ4n) is 1.81. The van der Waals surface area contributed by atoms with Gasteiger partial charge in [0.05, 0.1) is 22.4 Å². The summed E-state index contributed by atoms with van der Waals surface area (Å²) < 4.78 is 40.2. The van der Waals surface area contributed by atoms with Gasteiger partial charge in [0.25, 0.3) is 6.43 Å². The summed E-state index contributed by atoms with van der Waals surface area (Å²) in [6.45, 7) is 4.00. The lowest BCUT2D eigenvalue weighted by Crippen LogP contribution is -2.03. The van der Waals surface area contributed by atoms with Crippen molar-refractivity contribution in [1.29, 1.82) is 0 Å². The third-order valence-electron chi connectivity index (χ3n) is 2.74. The number of halogens is 3. The van der Waals surface area contributed by atoms with Crippen LogP contribution in [0.2, 0.25) is 5.02 Å². The van der Waals surface area contributed by atoms with Crippen LogP contribution in [0.4, 0.5) is 14.5 Å². The molecule has 23 heavy (non-hydrogen) atoms. The molecule has 124 valence electrons. The Balaban J connectivity index is 0.000000924. The van der Waals surface area contributed by atoms with Crippen molar-refractivity contribution in [3.63, 3.8) is 0 Å². The molecule has 0 aliphatic carbocycles. The van der Waals surface area contributed by atoms with Crippen LogP contribution in [0.3, 0.4) is 0 Å². The first-order valence-corrected chi connectivity index (χ1v) is 9.08. The number of para-hydroxylation sites is 1. The topological polar surface area (TPSA) is 57.8 Å². The number of hydrogen-bond donors (Lipinski definition) is 2. The zero-order chi connectivity index (χ0) is 17.0. The molecule has 3 aromatic rings. The fourth-order valence-corrected chi connectivity index (χ4v) is 3.83. The second kappa shape index (κ2) is 7.85. The zero-order valence-corrected chi connectivity index (χ0v) is 14.7. The van der Waals surface area contributed by atoms with Crippen molar-refractivity contribution in [1.82, 2.24) is 9.97 Å². The SMILES string of the molecule is CC.O=S(Nc1cccc2c(Cl)c[nH]c12)c1cnc(C(F)F)s1. The molecule has 0 bridgehead atoms. The molecule has 2 aromatic heterocycles. The molecular formula is C14H14ClF2N3OS2. The fraction of sp³-hybridized carbons (Fsp3) is 0.214. The summed E-state index contributed by atoms with van der Waals surface area (Å²) >= 11 is 6.73. The maximum Gasteiger partial charge on any atom is 0.289 e. The number of H-pyrrole nitrogens is 1. The van der Waals surface area contributed by atoms with E-state index in [0.717, 1.165) is 16.7 Å². The Kier molecular flexibility index (Phi) is 6.09. The minimum Gasteiger partial charge on any atom is -0.358 e. The van der Waals surface area contributed by atoms with Crippen molar-refractivity contribution < 1.29 is 13.0 Å². The number of nitrogens with zero attached hydrogens (tertiary/aromatic N) is 1. The number of thiazole rings is 1. The molecule has 2 heterocycles. The molecule has 0 aliphatic heterocycles. The summed E-state index contributed by atoms with van der Waals surface area (Å²) in [6, 6.07) is 5.31. The Labute approximate surface area is 143 Å². The van der Waals surface area contributed by atoms with Crippen LogP contribution in [0.5, 0.6) is 0 Å². The molecule has 1 aromatic carbocycles. The van der Waals surface area contributed by atoms with Gasteiger partial charge in [-0.05, 0) is 6.07 Å². The van der Waals surface area contributed by atoms with Crippen molar-refractivity contribution in [2.75, 3.05) is 4.72 Å². The molecule has 0 aliphatic rings. The Morgan fingerprint density at radius 1 is 1.39 bits per heavy atom. The van der Waals surface area contributed by atoms with E-state index in [2.05, 4.69) is 14.7 Å². The third kappa shape index (κ3) is 3.88. The number of benzene rings is 1. The second-order valence-corrected chi connectivity index (χ2v) is 6.96. The summed E-state index contributed by atoms with van der Waals surface area (Å²) in [5.74, 6) is 0. The molecule has 0 fully saturated rings. The first-order chi connectivity index (χ1) is 11.1.